The fourth-order valence-electron chi connectivity index (χ4n) is 2.03. The van der Waals surface area contributed by atoms with Crippen LogP contribution in [-0.2, 0) is 0 Å². The minimum absolute atomic E-state index is 0.183. The fourth-order valence-corrected chi connectivity index (χ4v) is 2.03. The van der Waals surface area contributed by atoms with Crippen molar-refractivity contribution in [3.63, 3.8) is 0 Å². The van der Waals surface area contributed by atoms with Crippen LogP contribution in [-0.4, -0.2) is 22.1 Å². The molecule has 4 heteroatoms. The fraction of sp³-hybridized carbons (Fsp3) is 0.600. The Hall–Kier alpha value is -1.32. The molecule has 2 rings (SSSR count). The zero-order valence-electron chi connectivity index (χ0n) is 8.70. The smallest absolute Gasteiger partial charge is 0.149 e. The molecular formula is C10H16N4. The number of nitrogen functional groups attached to an aromatic ring is 1. The first-order chi connectivity index (χ1) is 6.59. The average Bonchev–Trinajstić information content (AvgIpc) is 2.45. The van der Waals surface area contributed by atoms with Gasteiger partial charge in [0.2, 0.25) is 0 Å². The van der Waals surface area contributed by atoms with Gasteiger partial charge in [0.25, 0.3) is 0 Å². The van der Waals surface area contributed by atoms with E-state index in [9.17, 15) is 0 Å². The quantitative estimate of drug-likeness (QED) is 0.731. The third-order valence-electron chi connectivity index (χ3n) is 2.82. The van der Waals surface area contributed by atoms with Gasteiger partial charge in [-0.1, -0.05) is 0 Å². The summed E-state index contributed by atoms with van der Waals surface area (Å²) in [5.74, 6) is 1.39. The van der Waals surface area contributed by atoms with Crippen LogP contribution in [0.3, 0.4) is 0 Å². The molecule has 1 aromatic rings. The van der Waals surface area contributed by atoms with Crippen LogP contribution < -0.4 is 10.6 Å². The minimum Gasteiger partial charge on any atom is -0.382 e. The van der Waals surface area contributed by atoms with Gasteiger partial charge in [0, 0.05) is 12.1 Å². The molecule has 1 aliphatic heterocycles. The lowest BCUT2D eigenvalue weighted by atomic mass is 10.0. The summed E-state index contributed by atoms with van der Waals surface area (Å²) >= 11 is 0. The Kier molecular flexibility index (Phi) is 2.06. The predicted octanol–water partition coefficient (Wildman–Crippen LogP) is 1.44. The topological polar surface area (TPSA) is 55.0 Å². The number of anilines is 2. The van der Waals surface area contributed by atoms with E-state index >= 15 is 0 Å². The average molecular weight is 192 g/mol. The Labute approximate surface area is 84.2 Å². The number of hydrogen-bond donors (Lipinski definition) is 1. The molecule has 0 amide bonds. The van der Waals surface area contributed by atoms with E-state index < -0.39 is 0 Å². The maximum atomic E-state index is 5.61. The summed E-state index contributed by atoms with van der Waals surface area (Å²) < 4.78 is 0. The Morgan fingerprint density at radius 2 is 2.21 bits per heavy atom. The highest BCUT2D eigenvalue weighted by Gasteiger charge is 2.32. The number of aromatic nitrogens is 2. The molecule has 0 radical (unpaired) electrons. The molecule has 76 valence electrons. The van der Waals surface area contributed by atoms with Gasteiger partial charge in [0.15, 0.2) is 0 Å². The van der Waals surface area contributed by atoms with E-state index in [1.807, 2.05) is 0 Å². The number of nitrogens with two attached hydrogens (primary N) is 1. The number of hydrogen-bond acceptors (Lipinski definition) is 4. The molecule has 0 bridgehead atoms. The lowest BCUT2D eigenvalue weighted by Crippen LogP contribution is -2.38. The highest BCUT2D eigenvalue weighted by molar-refractivity contribution is 5.45. The molecule has 1 aromatic heterocycles. The second kappa shape index (κ2) is 3.12. The van der Waals surface area contributed by atoms with Gasteiger partial charge >= 0.3 is 0 Å². The lowest BCUT2D eigenvalue weighted by Gasteiger charge is -2.32. The van der Waals surface area contributed by atoms with E-state index in [0.717, 1.165) is 12.4 Å². The largest absolute Gasteiger partial charge is 0.382 e. The van der Waals surface area contributed by atoms with Crippen molar-refractivity contribution in [1.82, 2.24) is 9.97 Å². The molecular weight excluding hydrogens is 176 g/mol. The van der Waals surface area contributed by atoms with Gasteiger partial charge in [-0.05, 0) is 26.7 Å². The molecule has 0 unspecified atom stereocenters. The van der Waals surface area contributed by atoms with Gasteiger partial charge in [-0.15, -0.1) is 0 Å². The standard InChI is InChI=1S/C10H16N4/c1-10(2)4-3-5-14(10)9-7-12-6-8(11)13-9/h6-7H,3-5H2,1-2H3,(H2,11,13). The first kappa shape index (κ1) is 9.24. The van der Waals surface area contributed by atoms with Gasteiger partial charge in [0.1, 0.15) is 11.6 Å². The molecule has 0 aliphatic carbocycles. The second-order valence-electron chi connectivity index (χ2n) is 4.37. The maximum Gasteiger partial charge on any atom is 0.149 e. The molecule has 1 fully saturated rings. The van der Waals surface area contributed by atoms with Crippen molar-refractivity contribution >= 4 is 11.6 Å². The van der Waals surface area contributed by atoms with E-state index in [1.165, 1.54) is 12.8 Å². The van der Waals surface area contributed by atoms with Crippen LogP contribution in [0.4, 0.5) is 11.6 Å². The molecule has 0 saturated carbocycles. The normalized spacial score (nSPS) is 20.0. The Morgan fingerprint density at radius 3 is 2.79 bits per heavy atom. The monoisotopic (exact) mass is 192 g/mol. The Bertz CT molecular complexity index is 335. The first-order valence-corrected chi connectivity index (χ1v) is 4.95. The minimum atomic E-state index is 0.183. The Morgan fingerprint density at radius 1 is 1.43 bits per heavy atom. The van der Waals surface area contributed by atoms with Crippen molar-refractivity contribution < 1.29 is 0 Å². The molecule has 1 aliphatic rings. The van der Waals surface area contributed by atoms with Crippen LogP contribution in [0.2, 0.25) is 0 Å². The van der Waals surface area contributed by atoms with Crippen molar-refractivity contribution in [1.29, 1.82) is 0 Å². The van der Waals surface area contributed by atoms with E-state index in [1.54, 1.807) is 12.4 Å². The summed E-state index contributed by atoms with van der Waals surface area (Å²) in [4.78, 5) is 10.6. The van der Waals surface area contributed by atoms with Gasteiger partial charge in [-0.25, -0.2) is 4.98 Å². The zero-order chi connectivity index (χ0) is 10.2. The van der Waals surface area contributed by atoms with Crippen molar-refractivity contribution in [3.05, 3.63) is 12.4 Å². The summed E-state index contributed by atoms with van der Waals surface area (Å²) in [5.41, 5.74) is 5.80. The van der Waals surface area contributed by atoms with E-state index in [-0.39, 0.29) is 5.54 Å². The van der Waals surface area contributed by atoms with E-state index in [2.05, 4.69) is 28.7 Å². The van der Waals surface area contributed by atoms with Crippen molar-refractivity contribution in [2.75, 3.05) is 17.2 Å². The molecule has 0 aromatic carbocycles. The molecule has 0 spiro atoms. The highest BCUT2D eigenvalue weighted by atomic mass is 15.3. The van der Waals surface area contributed by atoms with Crippen molar-refractivity contribution in [2.24, 2.45) is 0 Å². The third kappa shape index (κ3) is 1.52. The zero-order valence-corrected chi connectivity index (χ0v) is 8.70. The number of rotatable bonds is 1. The molecule has 0 atom stereocenters. The lowest BCUT2D eigenvalue weighted by molar-refractivity contribution is 0.514. The molecule has 1 saturated heterocycles. The molecule has 2 heterocycles. The van der Waals surface area contributed by atoms with Gasteiger partial charge < -0.3 is 10.6 Å². The van der Waals surface area contributed by atoms with E-state index in [0.29, 0.717) is 5.82 Å². The second-order valence-corrected chi connectivity index (χ2v) is 4.37. The predicted molar refractivity (Wildman–Crippen MR) is 57.1 cm³/mol. The van der Waals surface area contributed by atoms with Crippen LogP contribution in [0.1, 0.15) is 26.7 Å². The van der Waals surface area contributed by atoms with Crippen LogP contribution in [0.25, 0.3) is 0 Å². The highest BCUT2D eigenvalue weighted by Crippen LogP contribution is 2.31. The number of nitrogens with zero attached hydrogens (tertiary/aromatic N) is 3. The van der Waals surface area contributed by atoms with Crippen molar-refractivity contribution in [2.45, 2.75) is 32.2 Å². The summed E-state index contributed by atoms with van der Waals surface area (Å²) in [6, 6.07) is 0. The van der Waals surface area contributed by atoms with Crippen LogP contribution in [0.15, 0.2) is 12.4 Å². The SMILES string of the molecule is CC1(C)CCCN1c1cncc(N)n1. The van der Waals surface area contributed by atoms with Gasteiger partial charge in [-0.3, -0.25) is 4.98 Å². The Balaban J connectivity index is 2.31. The van der Waals surface area contributed by atoms with Crippen LogP contribution in [0, 0.1) is 0 Å². The maximum absolute atomic E-state index is 5.61. The van der Waals surface area contributed by atoms with Gasteiger partial charge in [-0.2, -0.15) is 0 Å². The van der Waals surface area contributed by atoms with Crippen molar-refractivity contribution in [3.8, 4) is 0 Å². The molecule has 2 N–H and O–H groups in total. The summed E-state index contributed by atoms with van der Waals surface area (Å²) in [7, 11) is 0. The molecule has 4 nitrogen and oxygen atoms in total. The summed E-state index contributed by atoms with van der Waals surface area (Å²) in [6.45, 7) is 5.50. The van der Waals surface area contributed by atoms with E-state index in [4.69, 9.17) is 5.73 Å². The first-order valence-electron chi connectivity index (χ1n) is 4.95. The molecule has 14 heavy (non-hydrogen) atoms. The van der Waals surface area contributed by atoms with Gasteiger partial charge in [0.05, 0.1) is 12.4 Å². The van der Waals surface area contributed by atoms with Crippen LogP contribution >= 0.6 is 0 Å². The summed E-state index contributed by atoms with van der Waals surface area (Å²) in [6.07, 6.45) is 5.77. The van der Waals surface area contributed by atoms with Crippen LogP contribution in [0.5, 0.6) is 0 Å². The summed E-state index contributed by atoms with van der Waals surface area (Å²) in [5, 5.41) is 0. The third-order valence-corrected chi connectivity index (χ3v) is 2.82.